The zero-order valence-electron chi connectivity index (χ0n) is 12.6. The standard InChI is InChI=1S/C16H30N2S/c1-3-17-12-10-13-8-9-14(11-12)18(13)15-6-4-5-7-16(15)19-2/h12-17H,3-11H2,1-2H3. The van der Waals surface area contributed by atoms with E-state index in [-0.39, 0.29) is 0 Å². The van der Waals surface area contributed by atoms with Crippen LogP contribution in [0.3, 0.4) is 0 Å². The third kappa shape index (κ3) is 2.84. The molecule has 4 unspecified atom stereocenters. The highest BCUT2D eigenvalue weighted by molar-refractivity contribution is 7.99. The van der Waals surface area contributed by atoms with E-state index in [2.05, 4.69) is 35.2 Å². The van der Waals surface area contributed by atoms with Crippen LogP contribution in [-0.4, -0.2) is 47.1 Å². The highest BCUT2D eigenvalue weighted by atomic mass is 32.2. The zero-order chi connectivity index (χ0) is 13.2. The van der Waals surface area contributed by atoms with Crippen molar-refractivity contribution in [3.05, 3.63) is 0 Å². The lowest BCUT2D eigenvalue weighted by Gasteiger charge is -2.47. The van der Waals surface area contributed by atoms with Crippen LogP contribution in [0.2, 0.25) is 0 Å². The fraction of sp³-hybridized carbons (Fsp3) is 1.00. The van der Waals surface area contributed by atoms with Gasteiger partial charge in [-0.15, -0.1) is 0 Å². The molecule has 19 heavy (non-hydrogen) atoms. The van der Waals surface area contributed by atoms with Crippen LogP contribution < -0.4 is 5.32 Å². The Morgan fingerprint density at radius 1 is 1.05 bits per heavy atom. The van der Waals surface area contributed by atoms with Crippen molar-refractivity contribution in [1.82, 2.24) is 10.2 Å². The highest BCUT2D eigenvalue weighted by Gasteiger charge is 2.45. The number of fused-ring (bicyclic) bond motifs is 2. The molecular weight excluding hydrogens is 252 g/mol. The molecular formula is C16H30N2S. The fourth-order valence-corrected chi connectivity index (χ4v) is 5.90. The minimum absolute atomic E-state index is 0.801. The van der Waals surface area contributed by atoms with Gasteiger partial charge in [-0.2, -0.15) is 11.8 Å². The minimum atomic E-state index is 0.801. The van der Waals surface area contributed by atoms with Crippen molar-refractivity contribution in [3.63, 3.8) is 0 Å². The van der Waals surface area contributed by atoms with Crippen LogP contribution in [0, 0.1) is 0 Å². The van der Waals surface area contributed by atoms with Gasteiger partial charge in [0.2, 0.25) is 0 Å². The predicted octanol–water partition coefficient (Wildman–Crippen LogP) is 3.27. The molecule has 2 nitrogen and oxygen atoms in total. The van der Waals surface area contributed by atoms with Gasteiger partial charge in [-0.25, -0.2) is 0 Å². The van der Waals surface area contributed by atoms with Crippen LogP contribution in [0.1, 0.15) is 58.3 Å². The number of hydrogen-bond acceptors (Lipinski definition) is 3. The molecule has 2 saturated heterocycles. The van der Waals surface area contributed by atoms with Gasteiger partial charge in [-0.05, 0) is 51.3 Å². The number of nitrogens with one attached hydrogen (secondary N) is 1. The monoisotopic (exact) mass is 282 g/mol. The van der Waals surface area contributed by atoms with E-state index in [9.17, 15) is 0 Å². The van der Waals surface area contributed by atoms with Crippen molar-refractivity contribution < 1.29 is 0 Å². The fourth-order valence-electron chi connectivity index (χ4n) is 4.90. The van der Waals surface area contributed by atoms with Crippen molar-refractivity contribution in [1.29, 1.82) is 0 Å². The predicted molar refractivity (Wildman–Crippen MR) is 84.9 cm³/mol. The molecule has 0 aromatic heterocycles. The molecule has 2 heterocycles. The summed E-state index contributed by atoms with van der Waals surface area (Å²) >= 11 is 2.13. The average molecular weight is 282 g/mol. The summed E-state index contributed by atoms with van der Waals surface area (Å²) in [5, 5.41) is 4.61. The smallest absolute Gasteiger partial charge is 0.0220 e. The van der Waals surface area contributed by atoms with E-state index >= 15 is 0 Å². The van der Waals surface area contributed by atoms with Gasteiger partial charge < -0.3 is 5.32 Å². The topological polar surface area (TPSA) is 15.3 Å². The number of hydrogen-bond donors (Lipinski definition) is 1. The van der Waals surface area contributed by atoms with Crippen LogP contribution in [0.5, 0.6) is 0 Å². The SMILES string of the molecule is CCNC1CC2CCC(C1)N2C1CCCCC1SC. The van der Waals surface area contributed by atoms with Gasteiger partial charge in [0.1, 0.15) is 0 Å². The molecule has 110 valence electrons. The molecule has 3 heteroatoms. The molecule has 3 fully saturated rings. The van der Waals surface area contributed by atoms with Crippen molar-refractivity contribution in [3.8, 4) is 0 Å². The lowest BCUT2D eigenvalue weighted by atomic mass is 9.88. The number of rotatable bonds is 4. The maximum absolute atomic E-state index is 3.70. The molecule has 1 N–H and O–H groups in total. The Labute approximate surface area is 123 Å². The number of thioether (sulfide) groups is 1. The third-order valence-electron chi connectivity index (χ3n) is 5.64. The second-order valence-electron chi connectivity index (χ2n) is 6.68. The Balaban J connectivity index is 1.68. The average Bonchev–Trinajstić information content (AvgIpc) is 2.70. The lowest BCUT2D eigenvalue weighted by Crippen LogP contribution is -2.56. The maximum atomic E-state index is 3.70. The molecule has 2 aliphatic heterocycles. The molecule has 4 atom stereocenters. The lowest BCUT2D eigenvalue weighted by molar-refractivity contribution is 0.0551. The van der Waals surface area contributed by atoms with Gasteiger partial charge in [-0.3, -0.25) is 4.90 Å². The molecule has 0 radical (unpaired) electrons. The second kappa shape index (κ2) is 6.36. The molecule has 0 spiro atoms. The summed E-state index contributed by atoms with van der Waals surface area (Å²) < 4.78 is 0. The molecule has 3 aliphatic rings. The molecule has 1 saturated carbocycles. The largest absolute Gasteiger partial charge is 0.314 e. The van der Waals surface area contributed by atoms with E-state index in [1.54, 1.807) is 0 Å². The van der Waals surface area contributed by atoms with E-state index in [1.165, 1.54) is 51.4 Å². The highest BCUT2D eigenvalue weighted by Crippen LogP contribution is 2.42. The van der Waals surface area contributed by atoms with Gasteiger partial charge >= 0.3 is 0 Å². The number of piperidine rings is 1. The van der Waals surface area contributed by atoms with E-state index < -0.39 is 0 Å². The first-order valence-corrected chi connectivity index (χ1v) is 9.66. The zero-order valence-corrected chi connectivity index (χ0v) is 13.4. The molecule has 0 aromatic rings. The summed E-state index contributed by atoms with van der Waals surface area (Å²) in [5.74, 6) is 0. The first-order valence-electron chi connectivity index (χ1n) is 8.37. The third-order valence-corrected chi connectivity index (χ3v) is 6.79. The van der Waals surface area contributed by atoms with Gasteiger partial charge in [0.15, 0.2) is 0 Å². The van der Waals surface area contributed by atoms with Crippen molar-refractivity contribution in [2.45, 2.75) is 87.7 Å². The first kappa shape index (κ1) is 14.2. The van der Waals surface area contributed by atoms with Crippen LogP contribution in [0.25, 0.3) is 0 Å². The van der Waals surface area contributed by atoms with Crippen molar-refractivity contribution in [2.75, 3.05) is 12.8 Å². The van der Waals surface area contributed by atoms with E-state index in [4.69, 9.17) is 0 Å². The summed E-state index contributed by atoms with van der Waals surface area (Å²) in [5.41, 5.74) is 0. The summed E-state index contributed by atoms with van der Waals surface area (Å²) in [7, 11) is 0. The first-order chi connectivity index (χ1) is 9.33. The van der Waals surface area contributed by atoms with Gasteiger partial charge in [0.05, 0.1) is 0 Å². The Hall–Kier alpha value is 0.270. The van der Waals surface area contributed by atoms with Crippen LogP contribution in [0.4, 0.5) is 0 Å². The van der Waals surface area contributed by atoms with E-state index in [0.717, 1.165) is 36.0 Å². The Morgan fingerprint density at radius 3 is 2.37 bits per heavy atom. The molecule has 0 amide bonds. The summed E-state index contributed by atoms with van der Waals surface area (Å²) in [6.45, 7) is 3.39. The maximum Gasteiger partial charge on any atom is 0.0220 e. The van der Waals surface area contributed by atoms with Gasteiger partial charge in [0, 0.05) is 29.4 Å². The van der Waals surface area contributed by atoms with Crippen LogP contribution >= 0.6 is 11.8 Å². The van der Waals surface area contributed by atoms with E-state index in [0.29, 0.717) is 0 Å². The summed E-state index contributed by atoms with van der Waals surface area (Å²) in [6, 6.07) is 3.47. The van der Waals surface area contributed by atoms with Crippen molar-refractivity contribution >= 4 is 11.8 Å². The van der Waals surface area contributed by atoms with Crippen LogP contribution in [-0.2, 0) is 0 Å². The summed E-state index contributed by atoms with van der Waals surface area (Å²) in [6.07, 6.45) is 13.9. The molecule has 0 aromatic carbocycles. The molecule has 2 bridgehead atoms. The van der Waals surface area contributed by atoms with Crippen LogP contribution in [0.15, 0.2) is 0 Å². The minimum Gasteiger partial charge on any atom is -0.314 e. The van der Waals surface area contributed by atoms with E-state index in [1.807, 2.05) is 0 Å². The Morgan fingerprint density at radius 2 is 1.74 bits per heavy atom. The van der Waals surface area contributed by atoms with Crippen molar-refractivity contribution in [2.24, 2.45) is 0 Å². The Kier molecular flexibility index (Phi) is 4.76. The number of nitrogens with zero attached hydrogens (tertiary/aromatic N) is 1. The Bertz CT molecular complexity index is 282. The molecule has 3 rings (SSSR count). The normalized spacial score (nSPS) is 43.6. The molecule has 1 aliphatic carbocycles. The summed E-state index contributed by atoms with van der Waals surface area (Å²) in [4.78, 5) is 2.98. The second-order valence-corrected chi connectivity index (χ2v) is 7.76. The van der Waals surface area contributed by atoms with Gasteiger partial charge in [0.25, 0.3) is 0 Å². The quantitative estimate of drug-likeness (QED) is 0.852. The van der Waals surface area contributed by atoms with Gasteiger partial charge in [-0.1, -0.05) is 19.8 Å².